The van der Waals surface area contributed by atoms with E-state index >= 15 is 0 Å². The Morgan fingerprint density at radius 3 is 3.05 bits per heavy atom. The molecule has 1 aromatic carbocycles. The molecule has 1 N–H and O–H groups in total. The fraction of sp³-hybridized carbons (Fsp3) is 0.286. The lowest BCUT2D eigenvalue weighted by atomic mass is 9.74. The first kappa shape index (κ1) is 12.5. The molecule has 2 atom stereocenters. The lowest BCUT2D eigenvalue weighted by Crippen LogP contribution is -2.35. The SMILES string of the molecule is O=C(N/N=C1\C[C@H]2C=CC[C@@H]12)c1cccc([N+](=O)[O-])c1. The van der Waals surface area contributed by atoms with Crippen LogP contribution in [0.2, 0.25) is 0 Å². The van der Waals surface area contributed by atoms with Crippen LogP contribution in [0.5, 0.6) is 0 Å². The van der Waals surface area contributed by atoms with Crippen LogP contribution in [-0.2, 0) is 0 Å². The van der Waals surface area contributed by atoms with Crippen molar-refractivity contribution in [1.82, 2.24) is 5.43 Å². The summed E-state index contributed by atoms with van der Waals surface area (Å²) in [7, 11) is 0. The first-order valence-electron chi connectivity index (χ1n) is 6.43. The molecule has 2 aliphatic carbocycles. The van der Waals surface area contributed by atoms with Crippen LogP contribution in [0.1, 0.15) is 23.2 Å². The van der Waals surface area contributed by atoms with E-state index < -0.39 is 10.8 Å². The molecule has 1 aromatic rings. The second-order valence-electron chi connectivity index (χ2n) is 4.99. The summed E-state index contributed by atoms with van der Waals surface area (Å²) in [6.45, 7) is 0. The van der Waals surface area contributed by atoms with Crippen LogP contribution < -0.4 is 5.43 Å². The summed E-state index contributed by atoms with van der Waals surface area (Å²) >= 11 is 0. The van der Waals surface area contributed by atoms with Crippen molar-refractivity contribution in [1.29, 1.82) is 0 Å². The van der Waals surface area contributed by atoms with Gasteiger partial charge in [-0.2, -0.15) is 5.10 Å². The van der Waals surface area contributed by atoms with E-state index in [1.807, 2.05) is 0 Å². The Morgan fingerprint density at radius 2 is 2.30 bits per heavy atom. The molecule has 1 amide bonds. The Labute approximate surface area is 115 Å². The number of nitrogens with one attached hydrogen (secondary N) is 1. The summed E-state index contributed by atoms with van der Waals surface area (Å²) in [5.41, 5.74) is 3.61. The van der Waals surface area contributed by atoms with Gasteiger partial charge in [0.1, 0.15) is 0 Å². The number of allylic oxidation sites excluding steroid dienone is 2. The van der Waals surface area contributed by atoms with Gasteiger partial charge in [0.05, 0.1) is 4.92 Å². The molecule has 102 valence electrons. The average molecular weight is 271 g/mol. The summed E-state index contributed by atoms with van der Waals surface area (Å²) < 4.78 is 0. The maximum Gasteiger partial charge on any atom is 0.271 e. The molecule has 0 bridgehead atoms. The zero-order valence-electron chi connectivity index (χ0n) is 10.7. The predicted octanol–water partition coefficient (Wildman–Crippen LogP) is 2.28. The molecule has 2 aliphatic rings. The molecule has 0 unspecified atom stereocenters. The molecule has 1 saturated carbocycles. The summed E-state index contributed by atoms with van der Waals surface area (Å²) in [6.07, 6.45) is 6.19. The molecule has 0 saturated heterocycles. The van der Waals surface area contributed by atoms with Gasteiger partial charge >= 0.3 is 0 Å². The number of carbonyl (C=O) groups is 1. The highest BCUT2D eigenvalue weighted by atomic mass is 16.6. The van der Waals surface area contributed by atoms with Crippen LogP contribution in [0.15, 0.2) is 41.5 Å². The van der Waals surface area contributed by atoms with E-state index in [-0.39, 0.29) is 11.3 Å². The highest BCUT2D eigenvalue weighted by molar-refractivity contribution is 5.98. The second-order valence-corrected chi connectivity index (χ2v) is 4.99. The number of hydrogen-bond acceptors (Lipinski definition) is 4. The zero-order valence-corrected chi connectivity index (χ0v) is 10.7. The van der Waals surface area contributed by atoms with Gasteiger partial charge in [-0.25, -0.2) is 5.43 Å². The zero-order chi connectivity index (χ0) is 14.1. The molecule has 0 radical (unpaired) electrons. The average Bonchev–Trinajstić information content (AvgIpc) is 2.80. The van der Waals surface area contributed by atoms with E-state index in [0.29, 0.717) is 11.8 Å². The Bertz CT molecular complexity index is 636. The van der Waals surface area contributed by atoms with Crippen molar-refractivity contribution >= 4 is 17.3 Å². The first-order valence-corrected chi connectivity index (χ1v) is 6.43. The van der Waals surface area contributed by atoms with Crippen molar-refractivity contribution in [3.63, 3.8) is 0 Å². The summed E-state index contributed by atoms with van der Waals surface area (Å²) in [6, 6.07) is 5.61. The number of hydrogen-bond donors (Lipinski definition) is 1. The fourth-order valence-corrected chi connectivity index (χ4v) is 2.61. The Balaban J connectivity index is 1.66. The summed E-state index contributed by atoms with van der Waals surface area (Å²) in [5.74, 6) is 0.583. The number of fused-ring (bicyclic) bond motifs is 1. The summed E-state index contributed by atoms with van der Waals surface area (Å²) in [4.78, 5) is 22.0. The summed E-state index contributed by atoms with van der Waals surface area (Å²) in [5, 5.41) is 14.8. The van der Waals surface area contributed by atoms with E-state index in [9.17, 15) is 14.9 Å². The molecule has 0 spiro atoms. The van der Waals surface area contributed by atoms with Crippen LogP contribution >= 0.6 is 0 Å². The highest BCUT2D eigenvalue weighted by Crippen LogP contribution is 2.40. The molecular weight excluding hydrogens is 258 g/mol. The quantitative estimate of drug-likeness (QED) is 0.520. The van der Waals surface area contributed by atoms with Gasteiger partial charge in [-0.15, -0.1) is 0 Å². The largest absolute Gasteiger partial charge is 0.271 e. The third-order valence-electron chi connectivity index (χ3n) is 3.78. The molecule has 0 aromatic heterocycles. The van der Waals surface area contributed by atoms with Crippen molar-refractivity contribution in [2.45, 2.75) is 12.8 Å². The van der Waals surface area contributed by atoms with Crippen molar-refractivity contribution in [3.05, 3.63) is 52.1 Å². The smallest absolute Gasteiger partial charge is 0.267 e. The number of amides is 1. The third kappa shape index (κ3) is 2.20. The van der Waals surface area contributed by atoms with Gasteiger partial charge in [0, 0.05) is 29.3 Å². The standard InChI is InChI=1S/C14H13N3O3/c18-14(10-4-1-5-11(7-10)17(19)20)16-15-13-8-9-3-2-6-12(9)13/h1-5,7,9,12H,6,8H2,(H,16,18)/b15-13+/t9-,12-/m1/s1. The van der Waals surface area contributed by atoms with E-state index in [1.54, 1.807) is 0 Å². The van der Waals surface area contributed by atoms with Gasteiger partial charge < -0.3 is 0 Å². The number of nitro groups is 1. The predicted molar refractivity (Wildman–Crippen MR) is 73.4 cm³/mol. The van der Waals surface area contributed by atoms with Crippen molar-refractivity contribution in [2.24, 2.45) is 16.9 Å². The third-order valence-corrected chi connectivity index (χ3v) is 3.78. The van der Waals surface area contributed by atoms with Gasteiger partial charge in [0.15, 0.2) is 0 Å². The molecule has 6 heteroatoms. The lowest BCUT2D eigenvalue weighted by Gasteiger charge is -2.31. The minimum atomic E-state index is -0.524. The van der Waals surface area contributed by atoms with E-state index in [2.05, 4.69) is 22.7 Å². The van der Waals surface area contributed by atoms with Crippen molar-refractivity contribution in [2.75, 3.05) is 0 Å². The van der Waals surface area contributed by atoms with Gasteiger partial charge in [-0.1, -0.05) is 18.2 Å². The fourth-order valence-electron chi connectivity index (χ4n) is 2.61. The maximum absolute atomic E-state index is 11.9. The van der Waals surface area contributed by atoms with Gasteiger partial charge in [0.2, 0.25) is 0 Å². The van der Waals surface area contributed by atoms with Crippen LogP contribution in [0.25, 0.3) is 0 Å². The molecule has 1 fully saturated rings. The number of carbonyl (C=O) groups excluding carboxylic acids is 1. The highest BCUT2D eigenvalue weighted by Gasteiger charge is 2.38. The number of non-ortho nitro benzene ring substituents is 1. The minimum absolute atomic E-state index is 0.103. The molecule has 0 heterocycles. The lowest BCUT2D eigenvalue weighted by molar-refractivity contribution is -0.384. The van der Waals surface area contributed by atoms with E-state index in [0.717, 1.165) is 18.6 Å². The monoisotopic (exact) mass is 271 g/mol. The number of rotatable bonds is 3. The number of benzene rings is 1. The van der Waals surface area contributed by atoms with Gasteiger partial charge in [-0.05, 0) is 24.8 Å². The maximum atomic E-state index is 11.9. The van der Waals surface area contributed by atoms with Gasteiger partial charge in [0.25, 0.3) is 11.6 Å². The van der Waals surface area contributed by atoms with E-state index in [4.69, 9.17) is 0 Å². The Morgan fingerprint density at radius 1 is 1.45 bits per heavy atom. The first-order chi connectivity index (χ1) is 9.65. The molecular formula is C14H13N3O3. The number of nitro benzene ring substituents is 1. The van der Waals surface area contributed by atoms with Crippen molar-refractivity contribution in [3.8, 4) is 0 Å². The molecule has 6 nitrogen and oxygen atoms in total. The van der Waals surface area contributed by atoms with E-state index in [1.165, 1.54) is 24.3 Å². The topological polar surface area (TPSA) is 84.6 Å². The van der Waals surface area contributed by atoms with Crippen LogP contribution in [0, 0.1) is 22.0 Å². The van der Waals surface area contributed by atoms with Gasteiger partial charge in [-0.3, -0.25) is 14.9 Å². The number of hydrazone groups is 1. The Hall–Kier alpha value is -2.50. The molecule has 0 aliphatic heterocycles. The molecule has 3 rings (SSSR count). The van der Waals surface area contributed by atoms with Crippen molar-refractivity contribution < 1.29 is 9.72 Å². The Kier molecular flexibility index (Phi) is 3.06. The second kappa shape index (κ2) is 4.88. The van der Waals surface area contributed by atoms with Crippen LogP contribution in [0.3, 0.4) is 0 Å². The van der Waals surface area contributed by atoms with Crippen LogP contribution in [-0.4, -0.2) is 16.5 Å². The normalized spacial score (nSPS) is 25.1. The molecule has 20 heavy (non-hydrogen) atoms. The van der Waals surface area contributed by atoms with Crippen LogP contribution in [0.4, 0.5) is 5.69 Å². The minimum Gasteiger partial charge on any atom is -0.267 e. The number of nitrogens with zero attached hydrogens (tertiary/aromatic N) is 2.